The molecule has 114 valence electrons. The third kappa shape index (κ3) is 5.19. The molecule has 0 bridgehead atoms. The van der Waals surface area contributed by atoms with Crippen molar-refractivity contribution in [1.29, 1.82) is 0 Å². The summed E-state index contributed by atoms with van der Waals surface area (Å²) >= 11 is 0. The SMILES string of the molecule is NCCCC[C@H](NC(=O)c1ccc([N+](=O)[O-])cc1)C(=O)O. The second-order valence-corrected chi connectivity index (χ2v) is 4.45. The number of unbranched alkanes of at least 4 members (excludes halogenated alkanes) is 1. The average molecular weight is 295 g/mol. The zero-order chi connectivity index (χ0) is 15.8. The average Bonchev–Trinajstić information content (AvgIpc) is 2.46. The molecule has 0 aliphatic rings. The molecule has 0 aromatic heterocycles. The number of carbonyl (C=O) groups is 2. The predicted molar refractivity (Wildman–Crippen MR) is 74.9 cm³/mol. The number of nitro groups is 1. The van der Waals surface area contributed by atoms with Crippen molar-refractivity contribution in [2.45, 2.75) is 25.3 Å². The number of rotatable bonds is 8. The van der Waals surface area contributed by atoms with Gasteiger partial charge in [0, 0.05) is 17.7 Å². The molecule has 0 unspecified atom stereocenters. The van der Waals surface area contributed by atoms with Crippen LogP contribution >= 0.6 is 0 Å². The molecule has 1 rings (SSSR count). The Labute approximate surface area is 121 Å². The first-order valence-electron chi connectivity index (χ1n) is 6.44. The number of amides is 1. The van der Waals surface area contributed by atoms with Gasteiger partial charge in [-0.2, -0.15) is 0 Å². The van der Waals surface area contributed by atoms with Gasteiger partial charge in [-0.25, -0.2) is 4.79 Å². The zero-order valence-corrected chi connectivity index (χ0v) is 11.3. The quantitative estimate of drug-likeness (QED) is 0.370. The highest BCUT2D eigenvalue weighted by Gasteiger charge is 2.20. The number of benzene rings is 1. The van der Waals surface area contributed by atoms with E-state index in [1.54, 1.807) is 0 Å². The van der Waals surface area contributed by atoms with Crippen LogP contribution in [0.25, 0.3) is 0 Å². The van der Waals surface area contributed by atoms with Crippen molar-refractivity contribution < 1.29 is 19.6 Å². The van der Waals surface area contributed by atoms with Crippen LogP contribution in [0.1, 0.15) is 29.6 Å². The van der Waals surface area contributed by atoms with E-state index in [2.05, 4.69) is 5.32 Å². The minimum atomic E-state index is -1.12. The van der Waals surface area contributed by atoms with E-state index in [9.17, 15) is 19.7 Å². The number of hydrogen-bond acceptors (Lipinski definition) is 5. The van der Waals surface area contributed by atoms with E-state index < -0.39 is 22.8 Å². The number of carbonyl (C=O) groups excluding carboxylic acids is 1. The Bertz CT molecular complexity index is 515. The van der Waals surface area contributed by atoms with Gasteiger partial charge in [0.1, 0.15) is 6.04 Å². The maximum absolute atomic E-state index is 11.9. The summed E-state index contributed by atoms with van der Waals surface area (Å²) in [5, 5.41) is 22.0. The first kappa shape index (κ1) is 16.6. The molecule has 8 heteroatoms. The lowest BCUT2D eigenvalue weighted by Crippen LogP contribution is -2.40. The van der Waals surface area contributed by atoms with Gasteiger partial charge in [0.15, 0.2) is 0 Å². The highest BCUT2D eigenvalue weighted by molar-refractivity contribution is 5.96. The van der Waals surface area contributed by atoms with Crippen LogP contribution in [0.4, 0.5) is 5.69 Å². The van der Waals surface area contributed by atoms with Gasteiger partial charge in [-0.15, -0.1) is 0 Å². The Kier molecular flexibility index (Phi) is 6.28. The van der Waals surface area contributed by atoms with E-state index in [4.69, 9.17) is 10.8 Å². The van der Waals surface area contributed by atoms with E-state index in [1.807, 2.05) is 0 Å². The minimum absolute atomic E-state index is 0.135. The molecule has 21 heavy (non-hydrogen) atoms. The molecular weight excluding hydrogens is 278 g/mol. The van der Waals surface area contributed by atoms with Crippen LogP contribution < -0.4 is 11.1 Å². The Balaban J connectivity index is 2.68. The summed E-state index contributed by atoms with van der Waals surface area (Å²) in [6.45, 7) is 0.461. The Morgan fingerprint density at radius 3 is 2.38 bits per heavy atom. The molecule has 0 radical (unpaired) electrons. The molecule has 0 fully saturated rings. The number of nitrogens with one attached hydrogen (secondary N) is 1. The molecule has 1 aromatic carbocycles. The molecule has 8 nitrogen and oxygen atoms in total. The van der Waals surface area contributed by atoms with Crippen LogP contribution in [-0.4, -0.2) is 34.5 Å². The lowest BCUT2D eigenvalue weighted by molar-refractivity contribution is -0.384. The Hall–Kier alpha value is -2.48. The standard InChI is InChI=1S/C13H17N3O5/c14-8-2-1-3-11(13(18)19)15-12(17)9-4-6-10(7-5-9)16(20)21/h4-7,11H,1-3,8,14H2,(H,15,17)(H,18,19)/t11-/m0/s1. The summed E-state index contributed by atoms with van der Waals surface area (Å²) in [7, 11) is 0. The van der Waals surface area contributed by atoms with Crippen molar-refractivity contribution in [1.82, 2.24) is 5.32 Å². The van der Waals surface area contributed by atoms with E-state index >= 15 is 0 Å². The van der Waals surface area contributed by atoms with Crippen LogP contribution in [0.15, 0.2) is 24.3 Å². The summed E-state index contributed by atoms with van der Waals surface area (Å²) in [4.78, 5) is 32.9. The molecule has 1 aromatic rings. The normalized spacial score (nSPS) is 11.7. The van der Waals surface area contributed by atoms with Crippen molar-refractivity contribution >= 4 is 17.6 Å². The summed E-state index contributed by atoms with van der Waals surface area (Å²) < 4.78 is 0. The molecule has 0 aliphatic heterocycles. The fourth-order valence-electron chi connectivity index (χ4n) is 1.73. The van der Waals surface area contributed by atoms with Gasteiger partial charge in [0.2, 0.25) is 0 Å². The molecule has 0 heterocycles. The maximum atomic E-state index is 11.9. The third-order valence-electron chi connectivity index (χ3n) is 2.89. The van der Waals surface area contributed by atoms with Crippen molar-refractivity contribution in [2.24, 2.45) is 5.73 Å². The second kappa shape index (κ2) is 7.95. The van der Waals surface area contributed by atoms with Gasteiger partial charge in [-0.3, -0.25) is 14.9 Å². The van der Waals surface area contributed by atoms with Crippen molar-refractivity contribution in [3.8, 4) is 0 Å². The third-order valence-corrected chi connectivity index (χ3v) is 2.89. The van der Waals surface area contributed by atoms with E-state index in [0.29, 0.717) is 19.4 Å². The van der Waals surface area contributed by atoms with Crippen molar-refractivity contribution in [3.63, 3.8) is 0 Å². The molecule has 0 saturated heterocycles. The van der Waals surface area contributed by atoms with Gasteiger partial charge >= 0.3 is 5.97 Å². The predicted octanol–water partition coefficient (Wildman–Crippen LogP) is 0.907. The smallest absolute Gasteiger partial charge is 0.326 e. The lowest BCUT2D eigenvalue weighted by atomic mass is 10.1. The van der Waals surface area contributed by atoms with Gasteiger partial charge < -0.3 is 16.2 Å². The van der Waals surface area contributed by atoms with Crippen LogP contribution in [0.5, 0.6) is 0 Å². The monoisotopic (exact) mass is 295 g/mol. The molecule has 4 N–H and O–H groups in total. The topological polar surface area (TPSA) is 136 Å². The van der Waals surface area contributed by atoms with Gasteiger partial charge in [-0.1, -0.05) is 0 Å². The minimum Gasteiger partial charge on any atom is -0.480 e. The largest absolute Gasteiger partial charge is 0.480 e. The second-order valence-electron chi connectivity index (χ2n) is 4.45. The van der Waals surface area contributed by atoms with Gasteiger partial charge in [-0.05, 0) is 37.9 Å². The Morgan fingerprint density at radius 2 is 1.90 bits per heavy atom. The van der Waals surface area contributed by atoms with E-state index in [1.165, 1.54) is 24.3 Å². The maximum Gasteiger partial charge on any atom is 0.326 e. The number of non-ortho nitro benzene ring substituents is 1. The first-order valence-corrected chi connectivity index (χ1v) is 6.44. The fourth-order valence-corrected chi connectivity index (χ4v) is 1.73. The number of hydrogen-bond donors (Lipinski definition) is 3. The van der Waals surface area contributed by atoms with Crippen LogP contribution in [0.2, 0.25) is 0 Å². The van der Waals surface area contributed by atoms with Crippen molar-refractivity contribution in [2.75, 3.05) is 6.54 Å². The first-order chi connectivity index (χ1) is 9.95. The summed E-state index contributed by atoms with van der Waals surface area (Å²) in [6, 6.07) is 3.95. The number of aliphatic carboxylic acids is 1. The number of carboxylic acids is 1. The molecule has 0 aliphatic carbocycles. The summed E-state index contributed by atoms with van der Waals surface area (Å²) in [5.41, 5.74) is 5.37. The van der Waals surface area contributed by atoms with E-state index in [-0.39, 0.29) is 17.7 Å². The van der Waals surface area contributed by atoms with Crippen LogP contribution in [0, 0.1) is 10.1 Å². The van der Waals surface area contributed by atoms with Gasteiger partial charge in [0.05, 0.1) is 4.92 Å². The number of nitro benzene ring substituents is 1. The molecule has 0 saturated carbocycles. The van der Waals surface area contributed by atoms with E-state index in [0.717, 1.165) is 0 Å². The Morgan fingerprint density at radius 1 is 1.29 bits per heavy atom. The lowest BCUT2D eigenvalue weighted by Gasteiger charge is -2.14. The molecule has 0 spiro atoms. The number of nitrogens with two attached hydrogens (primary N) is 1. The van der Waals surface area contributed by atoms with Crippen molar-refractivity contribution in [3.05, 3.63) is 39.9 Å². The highest BCUT2D eigenvalue weighted by atomic mass is 16.6. The molecule has 1 amide bonds. The molecular formula is C13H17N3O5. The zero-order valence-electron chi connectivity index (χ0n) is 11.3. The summed E-state index contributed by atoms with van der Waals surface area (Å²) in [6.07, 6.45) is 1.55. The van der Waals surface area contributed by atoms with Crippen LogP contribution in [0.3, 0.4) is 0 Å². The fraction of sp³-hybridized carbons (Fsp3) is 0.385. The van der Waals surface area contributed by atoms with Gasteiger partial charge in [0.25, 0.3) is 11.6 Å². The number of nitrogens with zero attached hydrogens (tertiary/aromatic N) is 1. The molecule has 1 atom stereocenters. The summed E-state index contributed by atoms with van der Waals surface area (Å²) in [5.74, 6) is -1.70. The highest BCUT2D eigenvalue weighted by Crippen LogP contribution is 2.12. The van der Waals surface area contributed by atoms with Crippen LogP contribution in [-0.2, 0) is 4.79 Å². The number of carboxylic acid groups (broad SMARTS) is 1.